The zero-order valence-electron chi connectivity index (χ0n) is 13.5. The zero-order chi connectivity index (χ0) is 17.0. The van der Waals surface area contributed by atoms with Crippen molar-refractivity contribution in [3.63, 3.8) is 0 Å². The van der Waals surface area contributed by atoms with Gasteiger partial charge < -0.3 is 14.9 Å². The van der Waals surface area contributed by atoms with Gasteiger partial charge in [-0.25, -0.2) is 4.39 Å². The number of benzene rings is 1. The average molecular weight is 320 g/mol. The number of rotatable bonds is 6. The molecule has 0 saturated carbocycles. The molecule has 1 aromatic heterocycles. The van der Waals surface area contributed by atoms with Crippen molar-refractivity contribution in [3.05, 3.63) is 52.7 Å². The van der Waals surface area contributed by atoms with Gasteiger partial charge in [0.15, 0.2) is 0 Å². The highest BCUT2D eigenvalue weighted by Crippen LogP contribution is 2.18. The minimum absolute atomic E-state index is 0.116. The zero-order valence-corrected chi connectivity index (χ0v) is 13.5. The van der Waals surface area contributed by atoms with Gasteiger partial charge in [0.25, 0.3) is 0 Å². The van der Waals surface area contributed by atoms with Crippen molar-refractivity contribution >= 4 is 5.91 Å². The predicted octanol–water partition coefficient (Wildman–Crippen LogP) is 2.60. The molecule has 0 fully saturated rings. The van der Waals surface area contributed by atoms with Crippen molar-refractivity contribution in [2.45, 2.75) is 45.8 Å². The molecule has 0 spiro atoms. The molecule has 2 atom stereocenters. The number of carbonyl (C=O) groups excluding carboxylic acids is 1. The third-order valence-corrected chi connectivity index (χ3v) is 3.71. The molecule has 1 heterocycles. The van der Waals surface area contributed by atoms with Crippen LogP contribution in [-0.4, -0.2) is 22.2 Å². The van der Waals surface area contributed by atoms with E-state index in [1.807, 2.05) is 20.8 Å². The van der Waals surface area contributed by atoms with E-state index in [-0.39, 0.29) is 18.4 Å². The Kier molecular flexibility index (Phi) is 5.50. The Morgan fingerprint density at radius 1 is 1.43 bits per heavy atom. The standard InChI is InChI=1S/C17H21FN2O3/c1-10(7-15-11(2)20-23-12(15)3)19-17(22)9-16(21)13-5-4-6-14(18)8-13/h4-6,8,10,16,21H,7,9H2,1-3H3,(H,19,22). The molecule has 2 unspecified atom stereocenters. The lowest BCUT2D eigenvalue weighted by molar-refractivity contribution is -0.123. The van der Waals surface area contributed by atoms with Crippen molar-refractivity contribution in [3.8, 4) is 0 Å². The Balaban J connectivity index is 1.89. The highest BCUT2D eigenvalue weighted by Gasteiger charge is 2.17. The minimum atomic E-state index is -1.03. The molecule has 0 radical (unpaired) electrons. The Bertz CT molecular complexity index is 665. The van der Waals surface area contributed by atoms with Crippen LogP contribution in [0.5, 0.6) is 0 Å². The van der Waals surface area contributed by atoms with E-state index in [0.29, 0.717) is 12.0 Å². The van der Waals surface area contributed by atoms with Crippen LogP contribution in [0.3, 0.4) is 0 Å². The second-order valence-corrected chi connectivity index (χ2v) is 5.75. The number of amides is 1. The number of nitrogens with zero attached hydrogens (tertiary/aromatic N) is 1. The summed E-state index contributed by atoms with van der Waals surface area (Å²) in [7, 11) is 0. The van der Waals surface area contributed by atoms with E-state index in [9.17, 15) is 14.3 Å². The Hall–Kier alpha value is -2.21. The quantitative estimate of drug-likeness (QED) is 0.858. The molecule has 0 aliphatic carbocycles. The van der Waals surface area contributed by atoms with Gasteiger partial charge in [0, 0.05) is 11.6 Å². The van der Waals surface area contributed by atoms with Gasteiger partial charge in [-0.1, -0.05) is 17.3 Å². The van der Waals surface area contributed by atoms with E-state index >= 15 is 0 Å². The molecule has 0 bridgehead atoms. The number of aryl methyl sites for hydroxylation is 2. The Morgan fingerprint density at radius 3 is 2.78 bits per heavy atom. The highest BCUT2D eigenvalue weighted by molar-refractivity contribution is 5.77. The number of aliphatic hydroxyl groups excluding tert-OH is 1. The van der Waals surface area contributed by atoms with Gasteiger partial charge in [-0.15, -0.1) is 0 Å². The molecule has 5 nitrogen and oxygen atoms in total. The second kappa shape index (κ2) is 7.37. The van der Waals surface area contributed by atoms with Crippen LogP contribution in [0.25, 0.3) is 0 Å². The molecule has 0 saturated heterocycles. The van der Waals surface area contributed by atoms with Crippen molar-refractivity contribution in [1.82, 2.24) is 10.5 Å². The monoisotopic (exact) mass is 320 g/mol. The maximum Gasteiger partial charge on any atom is 0.223 e. The number of hydrogen-bond acceptors (Lipinski definition) is 4. The molecular formula is C17H21FN2O3. The molecule has 1 aromatic carbocycles. The van der Waals surface area contributed by atoms with Crippen molar-refractivity contribution in [2.24, 2.45) is 0 Å². The maximum absolute atomic E-state index is 13.1. The van der Waals surface area contributed by atoms with Gasteiger partial charge in [-0.2, -0.15) is 0 Å². The van der Waals surface area contributed by atoms with Crippen LogP contribution in [0.1, 0.15) is 42.0 Å². The highest BCUT2D eigenvalue weighted by atomic mass is 19.1. The number of halogens is 1. The van der Waals surface area contributed by atoms with Crippen LogP contribution >= 0.6 is 0 Å². The summed E-state index contributed by atoms with van der Waals surface area (Å²) in [6.45, 7) is 5.56. The first-order valence-electron chi connectivity index (χ1n) is 7.51. The number of nitrogens with one attached hydrogen (secondary N) is 1. The first-order valence-corrected chi connectivity index (χ1v) is 7.51. The lowest BCUT2D eigenvalue weighted by Crippen LogP contribution is -2.35. The van der Waals surface area contributed by atoms with E-state index in [1.54, 1.807) is 6.07 Å². The van der Waals surface area contributed by atoms with Crippen molar-refractivity contribution in [1.29, 1.82) is 0 Å². The fourth-order valence-corrected chi connectivity index (χ4v) is 2.49. The second-order valence-electron chi connectivity index (χ2n) is 5.75. The largest absolute Gasteiger partial charge is 0.388 e. The SMILES string of the molecule is Cc1noc(C)c1CC(C)NC(=O)CC(O)c1cccc(F)c1. The molecule has 2 rings (SSSR count). The van der Waals surface area contributed by atoms with E-state index in [1.165, 1.54) is 18.2 Å². The molecule has 0 aliphatic rings. The summed E-state index contributed by atoms with van der Waals surface area (Å²) in [5, 5.41) is 16.7. The van der Waals surface area contributed by atoms with E-state index in [4.69, 9.17) is 4.52 Å². The molecular weight excluding hydrogens is 299 g/mol. The van der Waals surface area contributed by atoms with E-state index in [2.05, 4.69) is 10.5 Å². The molecule has 2 N–H and O–H groups in total. The van der Waals surface area contributed by atoms with Crippen LogP contribution < -0.4 is 5.32 Å². The topological polar surface area (TPSA) is 75.4 Å². The van der Waals surface area contributed by atoms with Crippen LogP contribution in [0.15, 0.2) is 28.8 Å². The van der Waals surface area contributed by atoms with Crippen molar-refractivity contribution in [2.75, 3.05) is 0 Å². The summed E-state index contributed by atoms with van der Waals surface area (Å²) in [4.78, 5) is 12.0. The summed E-state index contributed by atoms with van der Waals surface area (Å²) < 4.78 is 18.2. The summed E-state index contributed by atoms with van der Waals surface area (Å²) >= 11 is 0. The van der Waals surface area contributed by atoms with Crippen LogP contribution in [0, 0.1) is 19.7 Å². The molecule has 0 aliphatic heterocycles. The number of aromatic nitrogens is 1. The number of carbonyl (C=O) groups is 1. The van der Waals surface area contributed by atoms with Gasteiger partial charge in [0.05, 0.1) is 18.2 Å². The Morgan fingerprint density at radius 2 is 2.17 bits per heavy atom. The summed E-state index contributed by atoms with van der Waals surface area (Å²) in [6.07, 6.45) is -0.546. The van der Waals surface area contributed by atoms with Crippen LogP contribution in [0.4, 0.5) is 4.39 Å². The van der Waals surface area contributed by atoms with Gasteiger partial charge in [0.2, 0.25) is 5.91 Å². The Labute approximate surface area is 134 Å². The first-order chi connectivity index (χ1) is 10.9. The smallest absolute Gasteiger partial charge is 0.223 e. The van der Waals surface area contributed by atoms with Crippen LogP contribution in [0.2, 0.25) is 0 Å². The van der Waals surface area contributed by atoms with Crippen LogP contribution in [-0.2, 0) is 11.2 Å². The van der Waals surface area contributed by atoms with E-state index in [0.717, 1.165) is 17.0 Å². The van der Waals surface area contributed by atoms with Crippen molar-refractivity contribution < 1.29 is 18.8 Å². The van der Waals surface area contributed by atoms with E-state index < -0.39 is 11.9 Å². The average Bonchev–Trinajstić information content (AvgIpc) is 2.78. The first kappa shape index (κ1) is 17.1. The maximum atomic E-state index is 13.1. The summed E-state index contributed by atoms with van der Waals surface area (Å²) in [5.41, 5.74) is 2.17. The number of hydrogen-bond donors (Lipinski definition) is 2. The molecule has 1 amide bonds. The van der Waals surface area contributed by atoms with Gasteiger partial charge in [-0.05, 0) is 44.9 Å². The normalized spacial score (nSPS) is 13.6. The third-order valence-electron chi connectivity index (χ3n) is 3.71. The molecule has 124 valence electrons. The third kappa shape index (κ3) is 4.63. The lowest BCUT2D eigenvalue weighted by Gasteiger charge is -2.16. The van der Waals surface area contributed by atoms with Gasteiger partial charge in [-0.3, -0.25) is 4.79 Å². The molecule has 2 aromatic rings. The fraction of sp³-hybridized carbons (Fsp3) is 0.412. The summed E-state index contributed by atoms with van der Waals surface area (Å²) in [5.74, 6) is 0.0122. The van der Waals surface area contributed by atoms with Gasteiger partial charge in [0.1, 0.15) is 11.6 Å². The fourth-order valence-electron chi connectivity index (χ4n) is 2.49. The minimum Gasteiger partial charge on any atom is -0.388 e. The predicted molar refractivity (Wildman–Crippen MR) is 83.3 cm³/mol. The lowest BCUT2D eigenvalue weighted by atomic mass is 10.0. The summed E-state index contributed by atoms with van der Waals surface area (Å²) in [6, 6.07) is 5.49. The molecule has 23 heavy (non-hydrogen) atoms. The molecule has 6 heteroatoms. The number of aliphatic hydroxyl groups is 1. The van der Waals surface area contributed by atoms with Gasteiger partial charge >= 0.3 is 0 Å².